The number of nitrogens with zero attached hydrogens (tertiary/aromatic N) is 3. The topological polar surface area (TPSA) is 47.4 Å². The van der Waals surface area contributed by atoms with Gasteiger partial charge in [0.1, 0.15) is 5.76 Å². The smallest absolute Gasteiger partial charge is 0.338 e. The van der Waals surface area contributed by atoms with Gasteiger partial charge >= 0.3 is 5.97 Å². The maximum atomic E-state index is 12.7. The normalized spacial score (nSPS) is 12.5. The number of carbonyl (C=O) groups excluding carboxylic acids is 1. The molecule has 30 heavy (non-hydrogen) atoms. The molecule has 2 rings (SSSR count). The molecule has 0 saturated carbocycles. The monoisotopic (exact) mass is 427 g/mol. The van der Waals surface area contributed by atoms with Crippen molar-refractivity contribution in [3.05, 3.63) is 65.5 Å². The molecular formula is C24H33N3O2S. The third-order valence-electron chi connectivity index (χ3n) is 4.60. The predicted molar refractivity (Wildman–Crippen MR) is 125 cm³/mol. The van der Waals surface area contributed by atoms with Crippen LogP contribution >= 0.6 is 11.9 Å². The number of allylic oxidation sites excluding steroid dienone is 2. The van der Waals surface area contributed by atoms with Crippen LogP contribution in [0.1, 0.15) is 51.7 Å². The summed E-state index contributed by atoms with van der Waals surface area (Å²) < 4.78 is 9.86. The zero-order valence-corrected chi connectivity index (χ0v) is 19.5. The molecule has 1 heterocycles. The van der Waals surface area contributed by atoms with E-state index in [-0.39, 0.29) is 5.97 Å². The second-order valence-electron chi connectivity index (χ2n) is 7.09. The van der Waals surface area contributed by atoms with Gasteiger partial charge < -0.3 is 4.74 Å². The van der Waals surface area contributed by atoms with Gasteiger partial charge in [0, 0.05) is 42.4 Å². The number of benzene rings is 1. The lowest BCUT2D eigenvalue weighted by molar-refractivity contribution is -0.132. The van der Waals surface area contributed by atoms with Crippen LogP contribution in [0, 0.1) is 0 Å². The third kappa shape index (κ3) is 7.50. The second-order valence-corrected chi connectivity index (χ2v) is 8.26. The van der Waals surface area contributed by atoms with Crippen molar-refractivity contribution in [1.29, 1.82) is 0 Å². The first-order valence-electron chi connectivity index (χ1n) is 10.6. The van der Waals surface area contributed by atoms with E-state index in [2.05, 4.69) is 42.3 Å². The molecular weight excluding hydrogens is 394 g/mol. The Morgan fingerprint density at radius 3 is 2.63 bits per heavy atom. The van der Waals surface area contributed by atoms with E-state index in [1.54, 1.807) is 29.8 Å². The molecule has 0 aliphatic carbocycles. The van der Waals surface area contributed by atoms with Crippen LogP contribution < -0.4 is 0 Å². The summed E-state index contributed by atoms with van der Waals surface area (Å²) in [7, 11) is 1.88. The summed E-state index contributed by atoms with van der Waals surface area (Å²) in [6.45, 7) is 10.1. The molecule has 0 aliphatic heterocycles. The minimum Gasteiger partial charge on any atom is -0.423 e. The molecule has 6 heteroatoms. The van der Waals surface area contributed by atoms with Crippen LogP contribution in [0.4, 0.5) is 0 Å². The lowest BCUT2D eigenvalue weighted by Gasteiger charge is -2.17. The largest absolute Gasteiger partial charge is 0.423 e. The first-order chi connectivity index (χ1) is 14.5. The van der Waals surface area contributed by atoms with Crippen molar-refractivity contribution in [3.8, 4) is 0 Å². The Morgan fingerprint density at radius 1 is 1.23 bits per heavy atom. The van der Waals surface area contributed by atoms with Gasteiger partial charge in [0.25, 0.3) is 0 Å². The molecule has 0 saturated heterocycles. The van der Waals surface area contributed by atoms with Crippen molar-refractivity contribution in [2.75, 3.05) is 13.1 Å². The van der Waals surface area contributed by atoms with Crippen molar-refractivity contribution in [2.24, 2.45) is 7.05 Å². The maximum absolute atomic E-state index is 12.7. The van der Waals surface area contributed by atoms with Crippen molar-refractivity contribution >= 4 is 23.7 Å². The van der Waals surface area contributed by atoms with E-state index in [9.17, 15) is 4.79 Å². The maximum Gasteiger partial charge on any atom is 0.338 e. The summed E-state index contributed by atoms with van der Waals surface area (Å²) in [4.78, 5) is 13.8. The van der Waals surface area contributed by atoms with Gasteiger partial charge in [-0.1, -0.05) is 45.4 Å². The lowest BCUT2D eigenvalue weighted by Crippen LogP contribution is -2.13. The molecule has 0 unspecified atom stereocenters. The van der Waals surface area contributed by atoms with E-state index < -0.39 is 0 Å². The van der Waals surface area contributed by atoms with Crippen LogP contribution in [0.3, 0.4) is 0 Å². The Bertz CT molecular complexity index is 882. The Balaban J connectivity index is 2.14. The van der Waals surface area contributed by atoms with Crippen molar-refractivity contribution < 1.29 is 9.53 Å². The lowest BCUT2D eigenvalue weighted by atomic mass is 10.1. The van der Waals surface area contributed by atoms with Gasteiger partial charge in [-0.3, -0.25) is 4.68 Å². The molecule has 0 atom stereocenters. The standard InChI is InChI=1S/C24H33N3O2S/c1-6-9-13-23(21-11-10-12-22(16-21)30-27(7-2)8-3)29-24(28)19(4)14-15-20-17-25-26(5)18-20/h10-14,16-18H,6-9,15H2,1-5H3/b19-14+,23-13+. The first kappa shape index (κ1) is 24.0. The molecule has 0 amide bonds. The number of aromatic nitrogens is 2. The zero-order valence-electron chi connectivity index (χ0n) is 18.7. The number of esters is 1. The zero-order chi connectivity index (χ0) is 21.9. The third-order valence-corrected chi connectivity index (χ3v) is 5.84. The molecule has 5 nitrogen and oxygen atoms in total. The van der Waals surface area contributed by atoms with Crippen LogP contribution in [0.15, 0.2) is 59.3 Å². The number of unbranched alkanes of at least 4 members (excludes halogenated alkanes) is 1. The van der Waals surface area contributed by atoms with Crippen molar-refractivity contribution in [3.63, 3.8) is 0 Å². The quantitative estimate of drug-likeness (QED) is 0.201. The number of rotatable bonds is 11. The Hall–Kier alpha value is -2.31. The summed E-state index contributed by atoms with van der Waals surface area (Å²) in [5.41, 5.74) is 2.58. The van der Waals surface area contributed by atoms with Crippen LogP contribution in [0.2, 0.25) is 0 Å². The predicted octanol–water partition coefficient (Wildman–Crippen LogP) is 5.64. The molecule has 1 aromatic carbocycles. The highest BCUT2D eigenvalue weighted by Crippen LogP contribution is 2.27. The Labute approximate surface area is 184 Å². The van der Waals surface area contributed by atoms with Gasteiger partial charge in [-0.05, 0) is 55.5 Å². The first-order valence-corrected chi connectivity index (χ1v) is 11.3. The molecule has 2 aromatic rings. The highest BCUT2D eigenvalue weighted by atomic mass is 32.2. The molecule has 0 bridgehead atoms. The number of hydrogen-bond acceptors (Lipinski definition) is 5. The summed E-state index contributed by atoms with van der Waals surface area (Å²) in [5.74, 6) is 0.306. The van der Waals surface area contributed by atoms with E-state index in [1.807, 2.05) is 37.5 Å². The minimum absolute atomic E-state index is 0.317. The number of ether oxygens (including phenoxy) is 1. The van der Waals surface area contributed by atoms with Crippen LogP contribution in [0.5, 0.6) is 0 Å². The van der Waals surface area contributed by atoms with Gasteiger partial charge in [0.05, 0.1) is 6.20 Å². The fourth-order valence-corrected chi connectivity index (χ4v) is 3.69. The van der Waals surface area contributed by atoms with Crippen LogP contribution in [0.25, 0.3) is 5.76 Å². The van der Waals surface area contributed by atoms with E-state index in [1.165, 1.54) is 0 Å². The van der Waals surface area contributed by atoms with E-state index in [4.69, 9.17) is 4.74 Å². The fraction of sp³-hybridized carbons (Fsp3) is 0.417. The van der Waals surface area contributed by atoms with Crippen LogP contribution in [-0.2, 0) is 23.0 Å². The summed E-state index contributed by atoms with van der Waals surface area (Å²) in [6.07, 6.45) is 10.1. The fourth-order valence-electron chi connectivity index (χ4n) is 2.81. The van der Waals surface area contributed by atoms with E-state index >= 15 is 0 Å². The number of hydrogen-bond donors (Lipinski definition) is 0. The molecule has 0 N–H and O–H groups in total. The molecule has 1 aromatic heterocycles. The molecule has 0 spiro atoms. The average Bonchev–Trinajstić information content (AvgIpc) is 3.18. The highest BCUT2D eigenvalue weighted by molar-refractivity contribution is 7.97. The van der Waals surface area contributed by atoms with Gasteiger partial charge in [-0.2, -0.15) is 5.10 Å². The molecule has 162 valence electrons. The second kappa shape index (κ2) is 12.4. The molecule has 0 radical (unpaired) electrons. The van der Waals surface area contributed by atoms with Crippen molar-refractivity contribution in [2.45, 2.75) is 51.9 Å². The molecule has 0 fully saturated rings. The van der Waals surface area contributed by atoms with Gasteiger partial charge in [0.2, 0.25) is 0 Å². The SMILES string of the molecule is CCC/C=C(/OC(=O)/C(C)=C/Cc1cnn(C)c1)c1cccc(SN(CC)CC)c1. The summed E-state index contributed by atoms with van der Waals surface area (Å²) in [5, 5.41) is 4.16. The Kier molecular flexibility index (Phi) is 9.91. The summed E-state index contributed by atoms with van der Waals surface area (Å²) >= 11 is 1.72. The minimum atomic E-state index is -0.317. The van der Waals surface area contributed by atoms with Gasteiger partial charge in [-0.15, -0.1) is 0 Å². The van der Waals surface area contributed by atoms with E-state index in [0.29, 0.717) is 17.8 Å². The van der Waals surface area contributed by atoms with E-state index in [0.717, 1.165) is 42.0 Å². The van der Waals surface area contributed by atoms with Crippen molar-refractivity contribution in [1.82, 2.24) is 14.1 Å². The summed E-state index contributed by atoms with van der Waals surface area (Å²) in [6, 6.07) is 8.19. The van der Waals surface area contributed by atoms with Crippen LogP contribution in [-0.4, -0.2) is 33.1 Å². The van der Waals surface area contributed by atoms with Gasteiger partial charge in [-0.25, -0.2) is 9.10 Å². The number of carbonyl (C=O) groups is 1. The Morgan fingerprint density at radius 2 is 2.00 bits per heavy atom. The highest BCUT2D eigenvalue weighted by Gasteiger charge is 2.13. The number of aryl methyl sites for hydroxylation is 1. The van der Waals surface area contributed by atoms with Gasteiger partial charge in [0.15, 0.2) is 0 Å². The average molecular weight is 428 g/mol. The molecule has 0 aliphatic rings.